The molecule has 276 valence electrons. The number of carbonyl (C=O) groups excluding carboxylic acids is 4. The number of carbonyl (C=O) groups is 4. The number of hydrogen-bond acceptors (Lipinski definition) is 10. The van der Waals surface area contributed by atoms with Gasteiger partial charge in [0.1, 0.15) is 40.7 Å². The van der Waals surface area contributed by atoms with Crippen molar-refractivity contribution >= 4 is 41.2 Å². The van der Waals surface area contributed by atoms with E-state index in [-0.39, 0.29) is 29.7 Å². The first-order valence-corrected chi connectivity index (χ1v) is 17.1. The van der Waals surface area contributed by atoms with E-state index < -0.39 is 65.7 Å². The van der Waals surface area contributed by atoms with E-state index in [9.17, 15) is 24.3 Å². The Morgan fingerprint density at radius 3 is 2.50 bits per heavy atom. The monoisotopic (exact) mass is 719 g/mol. The van der Waals surface area contributed by atoms with E-state index in [2.05, 4.69) is 5.32 Å². The lowest BCUT2D eigenvalue weighted by molar-refractivity contribution is -0.162. The van der Waals surface area contributed by atoms with E-state index in [0.717, 1.165) is 11.1 Å². The third kappa shape index (κ3) is 8.11. The van der Waals surface area contributed by atoms with Crippen molar-refractivity contribution in [3.63, 3.8) is 0 Å². The van der Waals surface area contributed by atoms with Crippen molar-refractivity contribution in [3.8, 4) is 5.75 Å². The number of anilines is 1. The van der Waals surface area contributed by atoms with Crippen LogP contribution in [0.4, 0.5) is 10.5 Å². The van der Waals surface area contributed by atoms with Gasteiger partial charge >= 0.3 is 12.1 Å². The number of nitrogens with one attached hydrogen (secondary N) is 1. The van der Waals surface area contributed by atoms with Crippen LogP contribution >= 0.6 is 11.6 Å². The Kier molecular flexibility index (Phi) is 12.0. The molecular weight excluding hydrogens is 670 g/mol. The molecular formula is C36H50ClN3O10. The first-order chi connectivity index (χ1) is 23.4. The van der Waals surface area contributed by atoms with E-state index >= 15 is 0 Å². The zero-order chi connectivity index (χ0) is 37.3. The number of esters is 1. The molecule has 0 aliphatic carbocycles. The largest absolute Gasteiger partial charge is 0.495 e. The molecule has 4 bridgehead atoms. The summed E-state index contributed by atoms with van der Waals surface area (Å²) in [7, 11) is 6.02. The molecule has 1 aromatic carbocycles. The average Bonchev–Trinajstić information content (AvgIpc) is 3.76. The van der Waals surface area contributed by atoms with Crippen LogP contribution in [-0.4, -0.2) is 104 Å². The summed E-state index contributed by atoms with van der Waals surface area (Å²) < 4.78 is 29.1. The van der Waals surface area contributed by atoms with Gasteiger partial charge in [0.15, 0.2) is 5.72 Å². The minimum Gasteiger partial charge on any atom is -0.495 e. The van der Waals surface area contributed by atoms with Crippen molar-refractivity contribution in [1.82, 2.24) is 10.2 Å². The number of likely N-dealkylation sites (N-methyl/N-ethyl adjacent to an activating group) is 1. The highest BCUT2D eigenvalue weighted by Crippen LogP contribution is 2.49. The predicted molar refractivity (Wildman–Crippen MR) is 186 cm³/mol. The van der Waals surface area contributed by atoms with Gasteiger partial charge in [0.2, 0.25) is 11.8 Å². The van der Waals surface area contributed by atoms with Crippen molar-refractivity contribution in [2.45, 2.75) is 103 Å². The second-order valence-corrected chi connectivity index (χ2v) is 14.4. The van der Waals surface area contributed by atoms with Crippen molar-refractivity contribution in [2.24, 2.45) is 11.8 Å². The van der Waals surface area contributed by atoms with Gasteiger partial charge in [-0.15, -0.1) is 0 Å². The first kappa shape index (κ1) is 39.1. The zero-order valence-electron chi connectivity index (χ0n) is 30.4. The van der Waals surface area contributed by atoms with E-state index in [0.29, 0.717) is 17.9 Å². The summed E-state index contributed by atoms with van der Waals surface area (Å²) in [6, 6.07) is 2.63. The molecule has 13 nitrogen and oxygen atoms in total. The van der Waals surface area contributed by atoms with E-state index in [1.54, 1.807) is 66.0 Å². The molecule has 4 rings (SSSR count). The Labute approximate surface area is 298 Å². The van der Waals surface area contributed by atoms with Crippen LogP contribution in [0.15, 0.2) is 35.9 Å². The lowest BCUT2D eigenvalue weighted by atomic mass is 9.83. The molecule has 2 fully saturated rings. The molecule has 0 aromatic heterocycles. The van der Waals surface area contributed by atoms with Crippen molar-refractivity contribution in [1.29, 1.82) is 0 Å². The predicted octanol–water partition coefficient (Wildman–Crippen LogP) is 4.17. The van der Waals surface area contributed by atoms with Gasteiger partial charge in [-0.2, -0.15) is 0 Å². The number of methoxy groups -OCH3 is 2. The number of rotatable bonds is 6. The van der Waals surface area contributed by atoms with Gasteiger partial charge in [-0.3, -0.25) is 14.9 Å². The second-order valence-electron chi connectivity index (χ2n) is 14.0. The van der Waals surface area contributed by atoms with Crippen molar-refractivity contribution in [2.75, 3.05) is 33.2 Å². The van der Waals surface area contributed by atoms with E-state index in [4.69, 9.17) is 35.3 Å². The van der Waals surface area contributed by atoms with E-state index in [1.165, 1.54) is 31.1 Å². The number of ether oxygens (including phenoxy) is 5. The minimum atomic E-state index is -1.82. The molecule has 1 aromatic rings. The minimum absolute atomic E-state index is 0.0449. The number of hydrogen-bond donors (Lipinski definition) is 2. The molecule has 3 aliphatic heterocycles. The molecule has 2 N–H and O–H groups in total. The summed E-state index contributed by atoms with van der Waals surface area (Å²) in [5.41, 5.74) is -0.881. The Hall–Kier alpha value is -3.65. The maximum atomic E-state index is 14.1. The summed E-state index contributed by atoms with van der Waals surface area (Å²) in [5.74, 6) is -1.88. The van der Waals surface area contributed by atoms with Gasteiger partial charge in [0.05, 0.1) is 25.3 Å². The van der Waals surface area contributed by atoms with Crippen LogP contribution in [0.3, 0.4) is 0 Å². The fraction of sp³-hybridized carbons (Fsp3) is 0.611. The number of epoxide rings is 1. The Morgan fingerprint density at radius 2 is 1.88 bits per heavy atom. The van der Waals surface area contributed by atoms with Crippen LogP contribution in [0.1, 0.15) is 59.9 Å². The van der Waals surface area contributed by atoms with Crippen LogP contribution in [0, 0.1) is 11.8 Å². The topological polar surface area (TPSA) is 156 Å². The fourth-order valence-electron chi connectivity index (χ4n) is 6.60. The maximum absolute atomic E-state index is 14.1. The summed E-state index contributed by atoms with van der Waals surface area (Å²) in [4.78, 5) is 55.8. The third-order valence-corrected chi connectivity index (χ3v) is 10.4. The fourth-order valence-corrected chi connectivity index (χ4v) is 6.91. The number of aliphatic hydroxyl groups is 1. The summed E-state index contributed by atoms with van der Waals surface area (Å²) >= 11 is 6.74. The van der Waals surface area contributed by atoms with E-state index in [1.807, 2.05) is 13.0 Å². The maximum Gasteiger partial charge on any atom is 0.409 e. The van der Waals surface area contributed by atoms with Gasteiger partial charge in [-0.25, -0.2) is 9.59 Å². The van der Waals surface area contributed by atoms with Crippen molar-refractivity contribution in [3.05, 3.63) is 46.5 Å². The summed E-state index contributed by atoms with van der Waals surface area (Å²) in [6.07, 6.45) is 1.00. The number of allylic oxidation sites excluding steroid dienone is 3. The van der Waals surface area contributed by atoms with Crippen LogP contribution in [0.5, 0.6) is 5.75 Å². The quantitative estimate of drug-likeness (QED) is 0.323. The van der Waals surface area contributed by atoms with Crippen LogP contribution < -0.4 is 15.0 Å². The van der Waals surface area contributed by atoms with Crippen LogP contribution in [0.2, 0.25) is 5.02 Å². The molecule has 3 aliphatic rings. The number of halogens is 1. The van der Waals surface area contributed by atoms with Crippen LogP contribution in [0.25, 0.3) is 0 Å². The summed E-state index contributed by atoms with van der Waals surface area (Å²) in [6.45, 7) is 10.5. The van der Waals surface area contributed by atoms with Gasteiger partial charge < -0.3 is 38.6 Å². The number of fused-ring (bicyclic) bond motifs is 5. The molecule has 8 atom stereocenters. The molecule has 0 radical (unpaired) electrons. The number of amides is 3. The Bertz CT molecular complexity index is 1550. The lowest BCUT2D eigenvalue weighted by Crippen LogP contribution is -2.63. The van der Waals surface area contributed by atoms with Gasteiger partial charge in [0, 0.05) is 39.5 Å². The van der Waals surface area contributed by atoms with Gasteiger partial charge in [0.25, 0.3) is 0 Å². The molecule has 2 saturated heterocycles. The van der Waals surface area contributed by atoms with Crippen LogP contribution in [-0.2, 0) is 39.8 Å². The van der Waals surface area contributed by atoms with Gasteiger partial charge in [-0.1, -0.05) is 56.2 Å². The normalized spacial score (nSPS) is 32.5. The third-order valence-electron chi connectivity index (χ3n) is 9.97. The molecule has 3 heterocycles. The summed E-state index contributed by atoms with van der Waals surface area (Å²) in [5, 5.41) is 14.4. The highest BCUT2D eigenvalue weighted by molar-refractivity contribution is 6.35. The number of benzene rings is 1. The molecule has 3 amide bonds. The van der Waals surface area contributed by atoms with Crippen molar-refractivity contribution < 1.29 is 48.0 Å². The number of nitrogens with zero attached hydrogens (tertiary/aromatic N) is 2. The smallest absolute Gasteiger partial charge is 0.409 e. The first-order valence-electron chi connectivity index (χ1n) is 16.7. The molecule has 0 saturated carbocycles. The molecule has 50 heavy (non-hydrogen) atoms. The highest BCUT2D eigenvalue weighted by atomic mass is 35.5. The lowest BCUT2D eigenvalue weighted by Gasteiger charge is -2.42. The second kappa shape index (κ2) is 15.3. The SMILES string of the molecule is COc1cc2cc(c1Cl)N(C)C(=O)C[C@H](OC(=O)C(C)N(C)C(=O)C(C)C)[C@]1(C)O[C@H]1[C@H](C)[C@@H]1C[C@@](O)(NC(=O)O1)[C@H](OC)/C=C/C=C(\C)C2. The Morgan fingerprint density at radius 1 is 1.20 bits per heavy atom. The average molecular weight is 720 g/mol. The molecule has 1 unspecified atom stereocenters. The number of alkyl carbamates (subject to hydrolysis) is 1. The zero-order valence-corrected chi connectivity index (χ0v) is 31.2. The Balaban J connectivity index is 1.78. The standard InChI is InChI=1S/C36H50ClN3O10/c1-19(2)32(42)39(7)22(5)33(43)49-28-17-29(41)40(8)24-15-23(16-25(46-9)30(24)37)14-20(3)12-11-13-27(47-10)36(45)18-26(48-34(44)38-36)21(4)31-35(28,6)50-31/h11-13,15-16,19,21-22,26-28,31,45H,14,17-18H2,1-10H3,(H,38,44)/b13-11+,20-12+/t21-,22?,26+,27-,28+,31+,35+,36+/m1/s1. The molecule has 0 spiro atoms. The molecule has 14 heteroatoms. The highest BCUT2D eigenvalue weighted by Gasteiger charge is 2.64. The van der Waals surface area contributed by atoms with Gasteiger partial charge in [-0.05, 0) is 44.9 Å².